The van der Waals surface area contributed by atoms with Crippen LogP contribution in [0.2, 0.25) is 0 Å². The van der Waals surface area contributed by atoms with E-state index in [1.54, 1.807) is 0 Å². The third kappa shape index (κ3) is 4.88. The van der Waals surface area contributed by atoms with Gasteiger partial charge in [0.2, 0.25) is 0 Å². The number of nitrogens with one attached hydrogen (secondary N) is 1. The van der Waals surface area contributed by atoms with Crippen LogP contribution in [0.4, 0.5) is 0 Å². The number of primary amides is 1. The Labute approximate surface area is 128 Å². The van der Waals surface area contributed by atoms with Crippen LogP contribution < -0.4 is 15.8 Å². The van der Waals surface area contributed by atoms with Crippen molar-refractivity contribution < 1.29 is 9.53 Å². The second-order valence-corrected chi connectivity index (χ2v) is 6.30. The highest BCUT2D eigenvalue weighted by Gasteiger charge is 2.02. The quantitative estimate of drug-likeness (QED) is 0.826. The molecule has 3 N–H and O–H groups in total. The lowest BCUT2D eigenvalue weighted by Gasteiger charge is -2.06. The topological polar surface area (TPSA) is 64.3 Å². The third-order valence-electron chi connectivity index (χ3n) is 3.15. The number of rotatable bonds is 7. The Balaban J connectivity index is 1.79. The molecule has 0 radical (unpaired) electrons. The Kier molecular flexibility index (Phi) is 5.36. The van der Waals surface area contributed by atoms with Gasteiger partial charge in [0.1, 0.15) is 5.75 Å². The smallest absolute Gasteiger partial charge is 0.255 e. The first-order chi connectivity index (χ1) is 10.0. The van der Waals surface area contributed by atoms with E-state index in [2.05, 4.69) is 25.2 Å². The fourth-order valence-corrected chi connectivity index (χ4v) is 2.95. The van der Waals surface area contributed by atoms with E-state index in [0.29, 0.717) is 5.75 Å². The summed E-state index contributed by atoms with van der Waals surface area (Å²) in [4.78, 5) is 13.4. The molecule has 0 fully saturated rings. The summed E-state index contributed by atoms with van der Waals surface area (Å²) in [6, 6.07) is 9.88. The molecule has 5 heteroatoms. The summed E-state index contributed by atoms with van der Waals surface area (Å²) in [5.41, 5.74) is 7.56. The predicted molar refractivity (Wildman–Crippen MR) is 85.5 cm³/mol. The van der Waals surface area contributed by atoms with Gasteiger partial charge in [-0.1, -0.05) is 12.1 Å². The molecule has 0 aliphatic rings. The number of aryl methyl sites for hydroxylation is 2. The number of thiophene rings is 1. The number of nitrogens with two attached hydrogens (primary N) is 1. The summed E-state index contributed by atoms with van der Waals surface area (Å²) in [5.74, 6) is 0.185. The SMILES string of the molecule is Cc1cc(CNCc2ccc(OCC(N)=O)cc2)sc1C. The summed E-state index contributed by atoms with van der Waals surface area (Å²) in [6.07, 6.45) is 0. The van der Waals surface area contributed by atoms with E-state index in [9.17, 15) is 4.79 Å². The minimum atomic E-state index is -0.470. The van der Waals surface area contributed by atoms with Crippen LogP contribution in [0.3, 0.4) is 0 Å². The Bertz CT molecular complexity index is 586. The number of carbonyl (C=O) groups excluding carboxylic acids is 1. The van der Waals surface area contributed by atoms with Crippen molar-refractivity contribution in [3.8, 4) is 5.75 Å². The number of hydrogen-bond donors (Lipinski definition) is 2. The monoisotopic (exact) mass is 304 g/mol. The van der Waals surface area contributed by atoms with Crippen LogP contribution in [-0.4, -0.2) is 12.5 Å². The molecule has 0 saturated heterocycles. The van der Waals surface area contributed by atoms with Gasteiger partial charge in [0, 0.05) is 22.8 Å². The molecule has 112 valence electrons. The standard InChI is InChI=1S/C16H20N2O2S/c1-11-7-15(21-12(11)2)9-18-8-13-3-5-14(6-4-13)20-10-16(17)19/h3-7,18H,8-10H2,1-2H3,(H2,17,19). The van der Waals surface area contributed by atoms with Crippen LogP contribution in [0.25, 0.3) is 0 Å². The van der Waals surface area contributed by atoms with Gasteiger partial charge in [-0.2, -0.15) is 0 Å². The van der Waals surface area contributed by atoms with Gasteiger partial charge in [-0.25, -0.2) is 0 Å². The molecular weight excluding hydrogens is 284 g/mol. The highest BCUT2D eigenvalue weighted by molar-refractivity contribution is 7.12. The van der Waals surface area contributed by atoms with Gasteiger partial charge in [-0.15, -0.1) is 11.3 Å². The fourth-order valence-electron chi connectivity index (χ4n) is 1.92. The van der Waals surface area contributed by atoms with Crippen LogP contribution in [0.5, 0.6) is 5.75 Å². The maximum atomic E-state index is 10.6. The maximum Gasteiger partial charge on any atom is 0.255 e. The first-order valence-corrected chi connectivity index (χ1v) is 7.63. The van der Waals surface area contributed by atoms with Gasteiger partial charge in [0.05, 0.1) is 0 Å². The molecule has 0 spiro atoms. The van der Waals surface area contributed by atoms with E-state index in [4.69, 9.17) is 10.5 Å². The molecule has 1 aromatic heterocycles. The van der Waals surface area contributed by atoms with Crippen molar-refractivity contribution in [3.05, 3.63) is 51.2 Å². The first-order valence-electron chi connectivity index (χ1n) is 6.81. The largest absolute Gasteiger partial charge is 0.484 e. The highest BCUT2D eigenvalue weighted by atomic mass is 32.1. The molecule has 21 heavy (non-hydrogen) atoms. The zero-order valence-corrected chi connectivity index (χ0v) is 13.1. The lowest BCUT2D eigenvalue weighted by Crippen LogP contribution is -2.20. The number of carbonyl (C=O) groups is 1. The molecular formula is C16H20N2O2S. The molecule has 0 aliphatic carbocycles. The summed E-state index contributed by atoms with van der Waals surface area (Å²) in [6.45, 7) is 5.87. The van der Waals surface area contributed by atoms with Crippen molar-refractivity contribution in [2.75, 3.05) is 6.61 Å². The molecule has 4 nitrogen and oxygen atoms in total. The maximum absolute atomic E-state index is 10.6. The minimum absolute atomic E-state index is 0.0886. The van der Waals surface area contributed by atoms with E-state index in [-0.39, 0.29) is 6.61 Å². The van der Waals surface area contributed by atoms with Crippen LogP contribution in [0.1, 0.15) is 20.9 Å². The van der Waals surface area contributed by atoms with E-state index < -0.39 is 5.91 Å². The van der Waals surface area contributed by atoms with Crippen LogP contribution in [-0.2, 0) is 17.9 Å². The lowest BCUT2D eigenvalue weighted by molar-refractivity contribution is -0.119. The van der Waals surface area contributed by atoms with Crippen molar-refractivity contribution >= 4 is 17.2 Å². The molecule has 1 aromatic carbocycles. The minimum Gasteiger partial charge on any atom is -0.484 e. The number of hydrogen-bond acceptors (Lipinski definition) is 4. The molecule has 0 unspecified atom stereocenters. The van der Waals surface area contributed by atoms with Crippen molar-refractivity contribution in [3.63, 3.8) is 0 Å². The molecule has 0 saturated carbocycles. The molecule has 1 heterocycles. The van der Waals surface area contributed by atoms with E-state index in [0.717, 1.165) is 13.1 Å². The Morgan fingerprint density at radius 1 is 1.24 bits per heavy atom. The summed E-state index contributed by atoms with van der Waals surface area (Å²) in [5, 5.41) is 3.42. The number of ether oxygens (including phenoxy) is 1. The second-order valence-electron chi connectivity index (χ2n) is 4.95. The Morgan fingerprint density at radius 2 is 1.95 bits per heavy atom. The molecule has 2 rings (SSSR count). The zero-order valence-electron chi connectivity index (χ0n) is 12.3. The van der Waals surface area contributed by atoms with Crippen molar-refractivity contribution in [1.29, 1.82) is 0 Å². The van der Waals surface area contributed by atoms with Crippen molar-refractivity contribution in [2.24, 2.45) is 5.73 Å². The van der Waals surface area contributed by atoms with Gasteiger partial charge in [0.15, 0.2) is 6.61 Å². The average Bonchev–Trinajstić information content (AvgIpc) is 2.77. The Morgan fingerprint density at radius 3 is 2.52 bits per heavy atom. The van der Waals surface area contributed by atoms with E-state index in [1.807, 2.05) is 35.6 Å². The van der Waals surface area contributed by atoms with Crippen molar-refractivity contribution in [2.45, 2.75) is 26.9 Å². The van der Waals surface area contributed by atoms with Gasteiger partial charge < -0.3 is 15.8 Å². The van der Waals surface area contributed by atoms with Crippen LogP contribution in [0, 0.1) is 13.8 Å². The lowest BCUT2D eigenvalue weighted by atomic mass is 10.2. The Hall–Kier alpha value is -1.85. The van der Waals surface area contributed by atoms with Gasteiger partial charge in [0.25, 0.3) is 5.91 Å². The van der Waals surface area contributed by atoms with Gasteiger partial charge in [-0.3, -0.25) is 4.79 Å². The highest BCUT2D eigenvalue weighted by Crippen LogP contribution is 2.20. The predicted octanol–water partition coefficient (Wildman–Crippen LogP) is 2.52. The molecule has 1 amide bonds. The first kappa shape index (κ1) is 15.5. The third-order valence-corrected chi connectivity index (χ3v) is 4.30. The van der Waals surface area contributed by atoms with Crippen LogP contribution in [0.15, 0.2) is 30.3 Å². The molecule has 0 atom stereocenters. The van der Waals surface area contributed by atoms with E-state index >= 15 is 0 Å². The number of benzene rings is 1. The van der Waals surface area contributed by atoms with Crippen molar-refractivity contribution in [1.82, 2.24) is 5.32 Å². The number of amides is 1. The molecule has 0 aliphatic heterocycles. The zero-order chi connectivity index (χ0) is 15.2. The summed E-state index contributed by atoms with van der Waals surface area (Å²) >= 11 is 1.83. The molecule has 0 bridgehead atoms. The van der Waals surface area contributed by atoms with Gasteiger partial charge in [-0.05, 0) is 43.2 Å². The second kappa shape index (κ2) is 7.24. The van der Waals surface area contributed by atoms with Crippen LogP contribution >= 0.6 is 11.3 Å². The molecule has 2 aromatic rings. The normalized spacial score (nSPS) is 10.6. The average molecular weight is 304 g/mol. The fraction of sp³-hybridized carbons (Fsp3) is 0.312. The summed E-state index contributed by atoms with van der Waals surface area (Å²) < 4.78 is 5.22. The van der Waals surface area contributed by atoms with E-state index in [1.165, 1.54) is 20.9 Å². The summed E-state index contributed by atoms with van der Waals surface area (Å²) in [7, 11) is 0. The van der Waals surface area contributed by atoms with Gasteiger partial charge >= 0.3 is 0 Å².